The summed E-state index contributed by atoms with van der Waals surface area (Å²) in [5.41, 5.74) is 0.262. The molecule has 4 nitrogen and oxygen atoms in total. The van der Waals surface area contributed by atoms with E-state index in [0.29, 0.717) is 0 Å². The first-order valence-electron chi connectivity index (χ1n) is 5.79. The van der Waals surface area contributed by atoms with Gasteiger partial charge in [0.15, 0.2) is 5.78 Å². The lowest BCUT2D eigenvalue weighted by atomic mass is 10.0. The lowest BCUT2D eigenvalue weighted by molar-refractivity contribution is -0.274. The second kappa shape index (κ2) is 5.82. The van der Waals surface area contributed by atoms with E-state index in [-0.39, 0.29) is 16.9 Å². The second-order valence-corrected chi connectivity index (χ2v) is 3.97. The molecule has 0 amide bonds. The Bertz CT molecular complexity index is 642. The first kappa shape index (κ1) is 14.8. The van der Waals surface area contributed by atoms with Crippen molar-refractivity contribution in [1.82, 2.24) is 4.98 Å². The molecule has 1 aromatic carbocycles. The number of methoxy groups -OCH3 is 1. The number of alkyl halides is 3. The molecular weight excluding hydrogens is 287 g/mol. The Morgan fingerprint density at radius 1 is 1.14 bits per heavy atom. The predicted octanol–water partition coefficient (Wildman–Crippen LogP) is 3.22. The molecule has 1 aromatic heterocycles. The van der Waals surface area contributed by atoms with Crippen LogP contribution in [0.3, 0.4) is 0 Å². The van der Waals surface area contributed by atoms with Crippen LogP contribution in [0.25, 0.3) is 0 Å². The minimum Gasteiger partial charge on any atom is -0.496 e. The van der Waals surface area contributed by atoms with Crippen LogP contribution in [-0.2, 0) is 0 Å². The maximum absolute atomic E-state index is 12.3. The summed E-state index contributed by atoms with van der Waals surface area (Å²) >= 11 is 0. The van der Waals surface area contributed by atoms with Crippen molar-refractivity contribution in [2.45, 2.75) is 6.36 Å². The van der Waals surface area contributed by atoms with E-state index in [1.165, 1.54) is 37.7 Å². The number of nitrogens with zero attached hydrogens (tertiary/aromatic N) is 1. The molecule has 1 heterocycles. The molecule has 0 saturated heterocycles. The van der Waals surface area contributed by atoms with Gasteiger partial charge in [0.1, 0.15) is 11.5 Å². The molecule has 7 heteroatoms. The van der Waals surface area contributed by atoms with E-state index in [9.17, 15) is 18.0 Å². The Kier molecular flexibility index (Phi) is 4.11. The van der Waals surface area contributed by atoms with Crippen molar-refractivity contribution in [2.75, 3.05) is 7.11 Å². The first-order valence-corrected chi connectivity index (χ1v) is 5.79. The molecule has 0 aliphatic rings. The van der Waals surface area contributed by atoms with Gasteiger partial charge in [-0.1, -0.05) is 0 Å². The molecule has 110 valence electrons. The molecule has 0 bridgehead atoms. The van der Waals surface area contributed by atoms with E-state index in [4.69, 9.17) is 4.74 Å². The Morgan fingerprint density at radius 2 is 1.81 bits per heavy atom. The number of carbonyl (C=O) groups excluding carboxylic acids is 1. The highest BCUT2D eigenvalue weighted by atomic mass is 19.4. The first-order chi connectivity index (χ1) is 9.90. The fourth-order valence-corrected chi connectivity index (χ4v) is 1.72. The Balaban J connectivity index is 2.41. The fourth-order valence-electron chi connectivity index (χ4n) is 1.72. The largest absolute Gasteiger partial charge is 0.573 e. The highest BCUT2D eigenvalue weighted by Gasteiger charge is 2.31. The van der Waals surface area contributed by atoms with Crippen molar-refractivity contribution in [2.24, 2.45) is 0 Å². The van der Waals surface area contributed by atoms with Gasteiger partial charge in [0.05, 0.1) is 12.7 Å². The highest BCUT2D eigenvalue weighted by Crippen LogP contribution is 2.29. The summed E-state index contributed by atoms with van der Waals surface area (Å²) in [4.78, 5) is 16.1. The SMILES string of the molecule is COc1ccc(OC(F)(F)F)cc1C(=O)c1ccncc1. The summed E-state index contributed by atoms with van der Waals surface area (Å²) in [7, 11) is 1.32. The van der Waals surface area contributed by atoms with E-state index in [1.54, 1.807) is 0 Å². The number of hydrogen-bond acceptors (Lipinski definition) is 4. The molecule has 0 N–H and O–H groups in total. The van der Waals surface area contributed by atoms with Gasteiger partial charge in [-0.2, -0.15) is 0 Å². The van der Waals surface area contributed by atoms with E-state index in [2.05, 4.69) is 9.72 Å². The normalized spacial score (nSPS) is 11.0. The van der Waals surface area contributed by atoms with E-state index in [1.807, 2.05) is 0 Å². The van der Waals surface area contributed by atoms with Gasteiger partial charge in [0.2, 0.25) is 0 Å². The summed E-state index contributed by atoms with van der Waals surface area (Å²) in [6.07, 6.45) is -2.00. The number of benzene rings is 1. The summed E-state index contributed by atoms with van der Waals surface area (Å²) < 4.78 is 45.5. The monoisotopic (exact) mass is 297 g/mol. The summed E-state index contributed by atoms with van der Waals surface area (Å²) in [5.74, 6) is -0.811. The summed E-state index contributed by atoms with van der Waals surface area (Å²) in [6, 6.07) is 6.23. The Labute approximate surface area is 118 Å². The zero-order chi connectivity index (χ0) is 15.5. The van der Waals surface area contributed by atoms with Gasteiger partial charge >= 0.3 is 6.36 Å². The van der Waals surface area contributed by atoms with Crippen LogP contribution < -0.4 is 9.47 Å². The number of pyridine rings is 1. The van der Waals surface area contributed by atoms with Gasteiger partial charge < -0.3 is 9.47 Å². The van der Waals surface area contributed by atoms with Crippen molar-refractivity contribution in [1.29, 1.82) is 0 Å². The minimum atomic E-state index is -4.83. The average molecular weight is 297 g/mol. The molecule has 2 rings (SSSR count). The van der Waals surface area contributed by atoms with Crippen LogP contribution in [0.5, 0.6) is 11.5 Å². The van der Waals surface area contributed by atoms with Gasteiger partial charge in [-0.3, -0.25) is 9.78 Å². The van der Waals surface area contributed by atoms with Crippen LogP contribution in [0.2, 0.25) is 0 Å². The average Bonchev–Trinajstić information content (AvgIpc) is 2.45. The molecule has 0 spiro atoms. The third-order valence-electron chi connectivity index (χ3n) is 2.59. The quantitative estimate of drug-likeness (QED) is 0.813. The second-order valence-electron chi connectivity index (χ2n) is 3.97. The highest BCUT2D eigenvalue weighted by molar-refractivity contribution is 6.10. The van der Waals surface area contributed by atoms with E-state index >= 15 is 0 Å². The number of hydrogen-bond donors (Lipinski definition) is 0. The number of carbonyl (C=O) groups is 1. The van der Waals surface area contributed by atoms with Crippen LogP contribution >= 0.6 is 0 Å². The smallest absolute Gasteiger partial charge is 0.496 e. The summed E-state index contributed by atoms with van der Waals surface area (Å²) in [6.45, 7) is 0. The third-order valence-corrected chi connectivity index (χ3v) is 2.59. The van der Waals surface area contributed by atoms with Gasteiger partial charge in [-0.05, 0) is 30.3 Å². The number of halogens is 3. The maximum atomic E-state index is 12.3. The van der Waals surface area contributed by atoms with Crippen molar-refractivity contribution < 1.29 is 27.4 Å². The van der Waals surface area contributed by atoms with Gasteiger partial charge in [-0.15, -0.1) is 13.2 Å². The number of ether oxygens (including phenoxy) is 2. The van der Waals surface area contributed by atoms with Crippen LogP contribution in [0.1, 0.15) is 15.9 Å². The summed E-state index contributed by atoms with van der Waals surface area (Å²) in [5, 5.41) is 0. The maximum Gasteiger partial charge on any atom is 0.573 e. The number of ketones is 1. The zero-order valence-corrected chi connectivity index (χ0v) is 10.8. The van der Waals surface area contributed by atoms with E-state index < -0.39 is 17.9 Å². The number of rotatable bonds is 4. The van der Waals surface area contributed by atoms with Crippen LogP contribution in [0.4, 0.5) is 13.2 Å². The van der Waals surface area contributed by atoms with Crippen LogP contribution in [-0.4, -0.2) is 24.2 Å². The lowest BCUT2D eigenvalue weighted by Gasteiger charge is -2.12. The molecule has 2 aromatic rings. The molecule has 0 atom stereocenters. The van der Waals surface area contributed by atoms with Gasteiger partial charge in [-0.25, -0.2) is 0 Å². The molecule has 21 heavy (non-hydrogen) atoms. The fraction of sp³-hybridized carbons (Fsp3) is 0.143. The molecule has 0 fully saturated rings. The number of aromatic nitrogens is 1. The molecule has 0 radical (unpaired) electrons. The Morgan fingerprint density at radius 3 is 2.38 bits per heavy atom. The molecule has 0 saturated carbocycles. The molecular formula is C14H10F3NO3. The van der Waals surface area contributed by atoms with Crippen LogP contribution in [0.15, 0.2) is 42.7 Å². The van der Waals surface area contributed by atoms with Gasteiger partial charge in [0, 0.05) is 18.0 Å². The van der Waals surface area contributed by atoms with Gasteiger partial charge in [0.25, 0.3) is 0 Å². The molecule has 0 unspecified atom stereocenters. The molecule has 0 aliphatic heterocycles. The zero-order valence-electron chi connectivity index (χ0n) is 10.8. The minimum absolute atomic E-state index is 0.0227. The van der Waals surface area contributed by atoms with Crippen molar-refractivity contribution in [3.63, 3.8) is 0 Å². The van der Waals surface area contributed by atoms with Crippen LogP contribution in [0, 0.1) is 0 Å². The van der Waals surface area contributed by atoms with Crippen molar-refractivity contribution in [3.8, 4) is 11.5 Å². The topological polar surface area (TPSA) is 48.4 Å². The van der Waals surface area contributed by atoms with Crippen molar-refractivity contribution in [3.05, 3.63) is 53.9 Å². The standard InChI is InChI=1S/C14H10F3NO3/c1-20-12-3-2-10(21-14(15,16)17)8-11(12)13(19)9-4-6-18-7-5-9/h2-8H,1H3. The van der Waals surface area contributed by atoms with Crippen molar-refractivity contribution >= 4 is 5.78 Å². The third kappa shape index (κ3) is 3.71. The molecule has 0 aliphatic carbocycles. The van der Waals surface area contributed by atoms with E-state index in [0.717, 1.165) is 12.1 Å². The predicted molar refractivity (Wildman–Crippen MR) is 67.3 cm³/mol. The lowest BCUT2D eigenvalue weighted by Crippen LogP contribution is -2.17. The Hall–Kier alpha value is -2.57.